The molecule has 4 heteroatoms. The predicted octanol–water partition coefficient (Wildman–Crippen LogP) is -0.810. The van der Waals surface area contributed by atoms with Crippen molar-refractivity contribution in [1.29, 1.82) is 0 Å². The Hall–Kier alpha value is -0.160. The van der Waals surface area contributed by atoms with Gasteiger partial charge in [-0.2, -0.15) is 0 Å². The fraction of sp³-hybridized carbons (Fsp3) is 1.00. The van der Waals surface area contributed by atoms with Gasteiger partial charge < -0.3 is 20.6 Å². The van der Waals surface area contributed by atoms with Crippen LogP contribution in [0.3, 0.4) is 0 Å². The first-order chi connectivity index (χ1) is 6.06. The van der Waals surface area contributed by atoms with E-state index in [1.165, 1.54) is 0 Å². The van der Waals surface area contributed by atoms with Gasteiger partial charge in [0.25, 0.3) is 0 Å². The van der Waals surface area contributed by atoms with E-state index in [1.807, 2.05) is 7.05 Å². The molecule has 0 aliphatic rings. The molecule has 0 saturated heterocycles. The molecule has 1 unspecified atom stereocenters. The second-order valence-electron chi connectivity index (χ2n) is 3.86. The monoisotopic (exact) mass is 189 g/mol. The zero-order valence-electron chi connectivity index (χ0n) is 9.03. The van der Waals surface area contributed by atoms with Crippen molar-refractivity contribution < 1.29 is 5.11 Å². The van der Waals surface area contributed by atoms with Crippen LogP contribution >= 0.6 is 0 Å². The number of likely N-dealkylation sites (N-methyl/N-ethyl adjacent to an activating group) is 1. The molecule has 0 spiro atoms. The highest BCUT2D eigenvalue weighted by atomic mass is 16.3. The first kappa shape index (κ1) is 12.8. The molecule has 0 amide bonds. The maximum Gasteiger partial charge on any atom is 0.0595 e. The van der Waals surface area contributed by atoms with Crippen LogP contribution in [0.2, 0.25) is 0 Å². The van der Waals surface area contributed by atoms with Crippen LogP contribution in [0.25, 0.3) is 0 Å². The summed E-state index contributed by atoms with van der Waals surface area (Å²) < 4.78 is 0. The van der Waals surface area contributed by atoms with Crippen molar-refractivity contribution in [2.75, 3.05) is 47.4 Å². The first-order valence-corrected chi connectivity index (χ1v) is 4.76. The van der Waals surface area contributed by atoms with Crippen LogP contribution in [0, 0.1) is 0 Å². The Balaban J connectivity index is 3.34. The standard InChI is InChI=1S/C9H23N3O/c1-11(2)5-4-6-12(3)7-9(10)8-13/h9,13H,4-8,10H2,1-3H3. The molecule has 13 heavy (non-hydrogen) atoms. The Kier molecular flexibility index (Phi) is 7.17. The SMILES string of the molecule is CN(C)CCCN(C)CC(N)CO. The fourth-order valence-electron chi connectivity index (χ4n) is 1.21. The Bertz CT molecular complexity index is 119. The summed E-state index contributed by atoms with van der Waals surface area (Å²) in [5.41, 5.74) is 5.60. The summed E-state index contributed by atoms with van der Waals surface area (Å²) in [6.07, 6.45) is 1.14. The van der Waals surface area contributed by atoms with Crippen molar-refractivity contribution in [3.8, 4) is 0 Å². The Morgan fingerprint density at radius 3 is 2.31 bits per heavy atom. The molecule has 0 aromatic carbocycles. The van der Waals surface area contributed by atoms with Crippen LogP contribution in [0.1, 0.15) is 6.42 Å². The lowest BCUT2D eigenvalue weighted by Crippen LogP contribution is -2.38. The van der Waals surface area contributed by atoms with Crippen molar-refractivity contribution in [2.24, 2.45) is 5.73 Å². The van der Waals surface area contributed by atoms with Gasteiger partial charge in [-0.05, 0) is 40.7 Å². The lowest BCUT2D eigenvalue weighted by atomic mass is 10.3. The number of nitrogens with zero attached hydrogens (tertiary/aromatic N) is 2. The molecule has 0 aromatic heterocycles. The van der Waals surface area contributed by atoms with Gasteiger partial charge in [-0.1, -0.05) is 0 Å². The summed E-state index contributed by atoms with van der Waals surface area (Å²) in [7, 11) is 6.17. The highest BCUT2D eigenvalue weighted by Crippen LogP contribution is 1.90. The summed E-state index contributed by atoms with van der Waals surface area (Å²) in [6, 6.07) is -0.107. The van der Waals surface area contributed by atoms with E-state index in [9.17, 15) is 0 Å². The molecule has 0 rings (SSSR count). The van der Waals surface area contributed by atoms with Gasteiger partial charge in [-0.25, -0.2) is 0 Å². The molecular formula is C9H23N3O. The van der Waals surface area contributed by atoms with Gasteiger partial charge >= 0.3 is 0 Å². The molecule has 80 valence electrons. The number of hydrogen-bond acceptors (Lipinski definition) is 4. The number of aliphatic hydroxyl groups excluding tert-OH is 1. The maximum atomic E-state index is 8.74. The lowest BCUT2D eigenvalue weighted by Gasteiger charge is -2.20. The largest absolute Gasteiger partial charge is 0.395 e. The van der Waals surface area contributed by atoms with Crippen molar-refractivity contribution in [1.82, 2.24) is 9.80 Å². The predicted molar refractivity (Wildman–Crippen MR) is 55.7 cm³/mol. The van der Waals surface area contributed by atoms with Crippen molar-refractivity contribution in [3.63, 3.8) is 0 Å². The van der Waals surface area contributed by atoms with E-state index in [4.69, 9.17) is 10.8 Å². The van der Waals surface area contributed by atoms with Crippen molar-refractivity contribution in [3.05, 3.63) is 0 Å². The Labute approximate surface area is 81.3 Å². The van der Waals surface area contributed by atoms with E-state index >= 15 is 0 Å². The third kappa shape index (κ3) is 8.18. The van der Waals surface area contributed by atoms with E-state index in [1.54, 1.807) is 0 Å². The number of aliphatic hydroxyl groups is 1. The Morgan fingerprint density at radius 2 is 1.85 bits per heavy atom. The van der Waals surface area contributed by atoms with Gasteiger partial charge in [0, 0.05) is 12.6 Å². The normalized spacial score (nSPS) is 14.1. The molecule has 0 aliphatic heterocycles. The number of hydrogen-bond donors (Lipinski definition) is 2. The summed E-state index contributed by atoms with van der Waals surface area (Å²) in [5.74, 6) is 0. The van der Waals surface area contributed by atoms with Gasteiger partial charge in [0.05, 0.1) is 6.61 Å². The van der Waals surface area contributed by atoms with Crippen LogP contribution in [-0.2, 0) is 0 Å². The van der Waals surface area contributed by atoms with Crippen LogP contribution < -0.4 is 5.73 Å². The van der Waals surface area contributed by atoms with Gasteiger partial charge in [-0.3, -0.25) is 0 Å². The van der Waals surface area contributed by atoms with Crippen LogP contribution in [0.5, 0.6) is 0 Å². The molecule has 0 fully saturated rings. The van der Waals surface area contributed by atoms with E-state index in [0.717, 1.165) is 26.1 Å². The summed E-state index contributed by atoms with van der Waals surface area (Å²) in [4.78, 5) is 4.32. The van der Waals surface area contributed by atoms with Gasteiger partial charge in [0.15, 0.2) is 0 Å². The van der Waals surface area contributed by atoms with E-state index in [0.29, 0.717) is 0 Å². The molecule has 0 saturated carbocycles. The lowest BCUT2D eigenvalue weighted by molar-refractivity contribution is 0.217. The quantitative estimate of drug-likeness (QED) is 0.550. The molecule has 0 aliphatic carbocycles. The molecule has 0 bridgehead atoms. The molecule has 1 atom stereocenters. The Morgan fingerprint density at radius 1 is 1.23 bits per heavy atom. The highest BCUT2D eigenvalue weighted by Gasteiger charge is 2.04. The van der Waals surface area contributed by atoms with Gasteiger partial charge in [0.1, 0.15) is 0 Å². The maximum absolute atomic E-state index is 8.74. The average molecular weight is 189 g/mol. The summed E-state index contributed by atoms with van der Waals surface area (Å²) in [5, 5.41) is 8.74. The topological polar surface area (TPSA) is 52.7 Å². The number of nitrogens with two attached hydrogens (primary N) is 1. The van der Waals surface area contributed by atoms with Crippen LogP contribution in [0.15, 0.2) is 0 Å². The van der Waals surface area contributed by atoms with Crippen LogP contribution in [0.4, 0.5) is 0 Å². The summed E-state index contributed by atoms with van der Waals surface area (Å²) >= 11 is 0. The average Bonchev–Trinajstić information content (AvgIpc) is 2.03. The van der Waals surface area contributed by atoms with Crippen LogP contribution in [-0.4, -0.2) is 68.3 Å². The first-order valence-electron chi connectivity index (χ1n) is 4.76. The van der Waals surface area contributed by atoms with Gasteiger partial charge in [0.2, 0.25) is 0 Å². The molecule has 3 N–H and O–H groups in total. The third-order valence-electron chi connectivity index (χ3n) is 1.93. The molecule has 0 heterocycles. The van der Waals surface area contributed by atoms with Gasteiger partial charge in [-0.15, -0.1) is 0 Å². The number of rotatable bonds is 7. The minimum absolute atomic E-state index is 0.0675. The van der Waals surface area contributed by atoms with E-state index in [2.05, 4.69) is 23.9 Å². The zero-order valence-corrected chi connectivity index (χ0v) is 9.03. The minimum atomic E-state index is -0.107. The zero-order chi connectivity index (χ0) is 10.3. The fourth-order valence-corrected chi connectivity index (χ4v) is 1.21. The van der Waals surface area contributed by atoms with Crippen molar-refractivity contribution >= 4 is 0 Å². The molecule has 4 nitrogen and oxygen atoms in total. The third-order valence-corrected chi connectivity index (χ3v) is 1.93. The molecular weight excluding hydrogens is 166 g/mol. The van der Waals surface area contributed by atoms with E-state index < -0.39 is 0 Å². The minimum Gasteiger partial charge on any atom is -0.395 e. The molecule has 0 aromatic rings. The van der Waals surface area contributed by atoms with Crippen molar-refractivity contribution in [2.45, 2.75) is 12.5 Å². The van der Waals surface area contributed by atoms with E-state index in [-0.39, 0.29) is 12.6 Å². The second kappa shape index (κ2) is 7.26. The smallest absolute Gasteiger partial charge is 0.0595 e. The molecule has 0 radical (unpaired) electrons. The highest BCUT2D eigenvalue weighted by molar-refractivity contribution is 4.64. The second-order valence-corrected chi connectivity index (χ2v) is 3.86. The summed E-state index contributed by atoms with van der Waals surface area (Å²) in [6.45, 7) is 2.96.